The zero-order valence-electron chi connectivity index (χ0n) is 8.99. The SMILES string of the molecule is Nc1ccc(Cl)cc1COc1ccc(Cl)cc1. The van der Waals surface area contributed by atoms with Gasteiger partial charge in [0.05, 0.1) is 0 Å². The number of anilines is 1. The van der Waals surface area contributed by atoms with Crippen molar-refractivity contribution in [3.8, 4) is 5.75 Å². The van der Waals surface area contributed by atoms with E-state index in [0.29, 0.717) is 22.3 Å². The van der Waals surface area contributed by atoms with Gasteiger partial charge in [-0.15, -0.1) is 0 Å². The summed E-state index contributed by atoms with van der Waals surface area (Å²) >= 11 is 11.7. The fourth-order valence-corrected chi connectivity index (χ4v) is 1.71. The third kappa shape index (κ3) is 3.29. The van der Waals surface area contributed by atoms with E-state index in [1.807, 2.05) is 12.1 Å². The predicted molar refractivity (Wildman–Crippen MR) is 71.6 cm³/mol. The molecule has 2 nitrogen and oxygen atoms in total. The molecule has 0 atom stereocenters. The molecule has 0 bridgehead atoms. The highest BCUT2D eigenvalue weighted by molar-refractivity contribution is 6.30. The first-order chi connectivity index (χ1) is 8.15. The van der Waals surface area contributed by atoms with Crippen molar-refractivity contribution in [2.75, 3.05) is 5.73 Å². The molecule has 4 heteroatoms. The smallest absolute Gasteiger partial charge is 0.119 e. The van der Waals surface area contributed by atoms with Gasteiger partial charge in [-0.3, -0.25) is 0 Å². The Morgan fingerprint density at radius 2 is 1.59 bits per heavy atom. The second kappa shape index (κ2) is 5.30. The normalized spacial score (nSPS) is 10.2. The Kier molecular flexibility index (Phi) is 3.77. The monoisotopic (exact) mass is 267 g/mol. The van der Waals surface area contributed by atoms with Crippen LogP contribution in [0.5, 0.6) is 5.75 Å². The van der Waals surface area contributed by atoms with Crippen LogP contribution in [-0.2, 0) is 6.61 Å². The summed E-state index contributed by atoms with van der Waals surface area (Å²) in [6.07, 6.45) is 0. The maximum Gasteiger partial charge on any atom is 0.119 e. The summed E-state index contributed by atoms with van der Waals surface area (Å²) < 4.78 is 5.59. The Balaban J connectivity index is 2.07. The quantitative estimate of drug-likeness (QED) is 0.848. The molecule has 88 valence electrons. The fourth-order valence-electron chi connectivity index (χ4n) is 1.39. The van der Waals surface area contributed by atoms with Crippen LogP contribution in [-0.4, -0.2) is 0 Å². The third-order valence-corrected chi connectivity index (χ3v) is 2.80. The van der Waals surface area contributed by atoms with E-state index in [9.17, 15) is 0 Å². The molecule has 0 aliphatic rings. The third-order valence-electron chi connectivity index (χ3n) is 2.31. The van der Waals surface area contributed by atoms with Crippen LogP contribution in [0.1, 0.15) is 5.56 Å². The lowest BCUT2D eigenvalue weighted by Gasteiger charge is -2.08. The molecule has 0 spiro atoms. The number of hydrogen-bond donors (Lipinski definition) is 1. The van der Waals surface area contributed by atoms with Gasteiger partial charge in [0.25, 0.3) is 0 Å². The van der Waals surface area contributed by atoms with Crippen LogP contribution < -0.4 is 10.5 Å². The summed E-state index contributed by atoms with van der Waals surface area (Å²) in [5, 5.41) is 1.33. The number of halogens is 2. The van der Waals surface area contributed by atoms with Gasteiger partial charge in [-0.05, 0) is 42.5 Å². The van der Waals surface area contributed by atoms with Gasteiger partial charge in [0.2, 0.25) is 0 Å². The highest BCUT2D eigenvalue weighted by Crippen LogP contribution is 2.21. The van der Waals surface area contributed by atoms with E-state index < -0.39 is 0 Å². The van der Waals surface area contributed by atoms with E-state index in [1.165, 1.54) is 0 Å². The molecule has 0 heterocycles. The Bertz CT molecular complexity index is 511. The van der Waals surface area contributed by atoms with Crippen molar-refractivity contribution in [3.05, 3.63) is 58.1 Å². The first-order valence-corrected chi connectivity index (χ1v) is 5.83. The number of ether oxygens (including phenoxy) is 1. The summed E-state index contributed by atoms with van der Waals surface area (Å²) in [5.74, 6) is 0.744. The number of nitrogens with two attached hydrogens (primary N) is 1. The zero-order valence-corrected chi connectivity index (χ0v) is 10.5. The van der Waals surface area contributed by atoms with Gasteiger partial charge in [0, 0.05) is 21.3 Å². The van der Waals surface area contributed by atoms with Gasteiger partial charge < -0.3 is 10.5 Å². The Hall–Kier alpha value is -1.38. The lowest BCUT2D eigenvalue weighted by molar-refractivity contribution is 0.307. The van der Waals surface area contributed by atoms with E-state index in [0.717, 1.165) is 11.3 Å². The second-order valence-electron chi connectivity index (χ2n) is 3.59. The summed E-state index contributed by atoms with van der Waals surface area (Å²) in [7, 11) is 0. The molecule has 0 aliphatic heterocycles. The van der Waals surface area contributed by atoms with Crippen molar-refractivity contribution < 1.29 is 4.74 Å². The molecule has 0 unspecified atom stereocenters. The molecular weight excluding hydrogens is 257 g/mol. The van der Waals surface area contributed by atoms with E-state index >= 15 is 0 Å². The number of benzene rings is 2. The van der Waals surface area contributed by atoms with Gasteiger partial charge in [0.1, 0.15) is 12.4 Å². The van der Waals surface area contributed by atoms with Crippen molar-refractivity contribution >= 4 is 28.9 Å². The Morgan fingerprint density at radius 3 is 2.29 bits per heavy atom. The molecular formula is C13H11Cl2NO. The van der Waals surface area contributed by atoms with E-state index in [-0.39, 0.29) is 0 Å². The topological polar surface area (TPSA) is 35.2 Å². The van der Waals surface area contributed by atoms with Crippen LogP contribution in [0.3, 0.4) is 0 Å². The Labute approximate surface area is 110 Å². The first kappa shape index (κ1) is 12.1. The van der Waals surface area contributed by atoms with Gasteiger partial charge in [-0.2, -0.15) is 0 Å². The van der Waals surface area contributed by atoms with Crippen LogP contribution in [0.2, 0.25) is 10.0 Å². The number of hydrogen-bond acceptors (Lipinski definition) is 2. The van der Waals surface area contributed by atoms with Crippen molar-refractivity contribution in [3.63, 3.8) is 0 Å². The summed E-state index contributed by atoms with van der Waals surface area (Å²) in [6, 6.07) is 12.5. The molecule has 0 saturated heterocycles. The maximum absolute atomic E-state index is 5.89. The van der Waals surface area contributed by atoms with Crippen LogP contribution in [0, 0.1) is 0 Å². The minimum absolute atomic E-state index is 0.383. The zero-order chi connectivity index (χ0) is 12.3. The summed E-state index contributed by atoms with van der Waals surface area (Å²) in [6.45, 7) is 0.383. The van der Waals surface area contributed by atoms with Crippen LogP contribution in [0.4, 0.5) is 5.69 Å². The van der Waals surface area contributed by atoms with Crippen LogP contribution in [0.15, 0.2) is 42.5 Å². The molecule has 0 radical (unpaired) electrons. The molecule has 2 aromatic carbocycles. The van der Waals surface area contributed by atoms with Crippen LogP contribution >= 0.6 is 23.2 Å². The van der Waals surface area contributed by atoms with Gasteiger partial charge in [0.15, 0.2) is 0 Å². The maximum atomic E-state index is 5.89. The number of nitrogen functional groups attached to an aromatic ring is 1. The van der Waals surface area contributed by atoms with E-state index in [2.05, 4.69) is 0 Å². The predicted octanol–water partition coefficient (Wildman–Crippen LogP) is 4.15. The van der Waals surface area contributed by atoms with Crippen molar-refractivity contribution in [2.24, 2.45) is 0 Å². The second-order valence-corrected chi connectivity index (χ2v) is 4.46. The summed E-state index contributed by atoms with van der Waals surface area (Å²) in [4.78, 5) is 0. The highest BCUT2D eigenvalue weighted by atomic mass is 35.5. The summed E-state index contributed by atoms with van der Waals surface area (Å²) in [5.41, 5.74) is 7.36. The molecule has 0 aromatic heterocycles. The number of rotatable bonds is 3. The van der Waals surface area contributed by atoms with Gasteiger partial charge in [-0.25, -0.2) is 0 Å². The largest absolute Gasteiger partial charge is 0.489 e. The molecule has 0 amide bonds. The minimum atomic E-state index is 0.383. The molecule has 17 heavy (non-hydrogen) atoms. The molecule has 0 aliphatic carbocycles. The van der Waals surface area contributed by atoms with Gasteiger partial charge >= 0.3 is 0 Å². The van der Waals surface area contributed by atoms with E-state index in [1.54, 1.807) is 30.3 Å². The minimum Gasteiger partial charge on any atom is -0.489 e. The van der Waals surface area contributed by atoms with Crippen LogP contribution in [0.25, 0.3) is 0 Å². The molecule has 0 fully saturated rings. The molecule has 2 N–H and O–H groups in total. The van der Waals surface area contributed by atoms with E-state index in [4.69, 9.17) is 33.7 Å². The average Bonchev–Trinajstić information content (AvgIpc) is 2.32. The highest BCUT2D eigenvalue weighted by Gasteiger charge is 2.01. The molecule has 2 rings (SSSR count). The lowest BCUT2D eigenvalue weighted by atomic mass is 10.2. The molecule has 2 aromatic rings. The lowest BCUT2D eigenvalue weighted by Crippen LogP contribution is -2.00. The van der Waals surface area contributed by atoms with Crippen molar-refractivity contribution in [2.45, 2.75) is 6.61 Å². The van der Waals surface area contributed by atoms with Crippen molar-refractivity contribution in [1.29, 1.82) is 0 Å². The Morgan fingerprint density at radius 1 is 0.941 bits per heavy atom. The van der Waals surface area contributed by atoms with Gasteiger partial charge in [-0.1, -0.05) is 23.2 Å². The molecule has 0 saturated carbocycles. The van der Waals surface area contributed by atoms with Crippen molar-refractivity contribution in [1.82, 2.24) is 0 Å². The standard InChI is InChI=1S/C13H11Cl2NO/c14-10-1-4-12(5-2-10)17-8-9-7-11(15)3-6-13(9)16/h1-7H,8,16H2. The fraction of sp³-hybridized carbons (Fsp3) is 0.0769. The first-order valence-electron chi connectivity index (χ1n) is 5.07. The average molecular weight is 268 g/mol.